The molecular weight excluding hydrogens is 418 g/mol. The van der Waals surface area contributed by atoms with E-state index >= 15 is 0 Å². The number of hydrogen-bond donors (Lipinski definition) is 0. The van der Waals surface area contributed by atoms with E-state index in [1.807, 2.05) is 91.0 Å². The third-order valence-electron chi connectivity index (χ3n) is 6.68. The summed E-state index contributed by atoms with van der Waals surface area (Å²) in [4.78, 5) is 13.8. The molecule has 0 N–H and O–H groups in total. The molecule has 3 aromatic rings. The molecule has 1 fully saturated rings. The first-order valence-corrected chi connectivity index (χ1v) is 12.7. The second-order valence-corrected chi connectivity index (χ2v) is 10.7. The largest absolute Gasteiger partial charge is 0.293 e. The van der Waals surface area contributed by atoms with Crippen molar-refractivity contribution in [2.75, 3.05) is 6.26 Å². The van der Waals surface area contributed by atoms with Crippen molar-refractivity contribution in [3.05, 3.63) is 113 Å². The van der Waals surface area contributed by atoms with E-state index in [0.717, 1.165) is 16.7 Å². The Bertz CT molecular complexity index is 1280. The van der Waals surface area contributed by atoms with Gasteiger partial charge >= 0.3 is 0 Å². The third kappa shape index (κ3) is 3.37. The molecule has 3 aliphatic carbocycles. The summed E-state index contributed by atoms with van der Waals surface area (Å²) >= 11 is 0. The van der Waals surface area contributed by atoms with Crippen LogP contribution in [0.1, 0.15) is 34.3 Å². The molecule has 5 heteroatoms. The molecule has 0 aliphatic heterocycles. The van der Waals surface area contributed by atoms with Gasteiger partial charge in [-0.3, -0.25) is 9.10 Å². The second-order valence-electron chi connectivity index (χ2n) is 8.77. The smallest absolute Gasteiger partial charge is 0.232 e. The number of carbonyl (C=O) groups is 1. The van der Waals surface area contributed by atoms with Gasteiger partial charge in [0, 0.05) is 11.3 Å². The fourth-order valence-corrected chi connectivity index (χ4v) is 6.25. The van der Waals surface area contributed by atoms with Gasteiger partial charge in [0.25, 0.3) is 0 Å². The van der Waals surface area contributed by atoms with Crippen LogP contribution in [0.2, 0.25) is 0 Å². The van der Waals surface area contributed by atoms with Crippen molar-refractivity contribution in [2.45, 2.75) is 19.4 Å². The molecule has 3 aliphatic rings. The van der Waals surface area contributed by atoms with E-state index in [4.69, 9.17) is 0 Å². The molecule has 2 bridgehead atoms. The monoisotopic (exact) mass is 443 g/mol. The second kappa shape index (κ2) is 7.75. The van der Waals surface area contributed by atoms with Crippen molar-refractivity contribution < 1.29 is 13.2 Å². The Morgan fingerprint density at radius 2 is 1.41 bits per heavy atom. The Kier molecular flexibility index (Phi) is 5.01. The topological polar surface area (TPSA) is 54.5 Å². The van der Waals surface area contributed by atoms with Crippen LogP contribution in [0.25, 0.3) is 5.57 Å². The van der Waals surface area contributed by atoms with Gasteiger partial charge in [0.05, 0.1) is 18.2 Å². The number of carbonyl (C=O) groups excluding carboxylic acids is 1. The van der Waals surface area contributed by atoms with Crippen LogP contribution in [-0.2, 0) is 16.6 Å². The average Bonchev–Trinajstić information content (AvgIpc) is 3.29. The van der Waals surface area contributed by atoms with E-state index in [2.05, 4.69) is 0 Å². The summed E-state index contributed by atoms with van der Waals surface area (Å²) in [6, 6.07) is 28.7. The molecule has 3 aromatic carbocycles. The predicted octanol–water partition coefficient (Wildman–Crippen LogP) is 5.15. The molecule has 0 radical (unpaired) electrons. The number of sulfonamides is 1. The van der Waals surface area contributed by atoms with Gasteiger partial charge in [-0.1, -0.05) is 91.0 Å². The molecule has 6 rings (SSSR count). The van der Waals surface area contributed by atoms with Crippen LogP contribution in [0.4, 0.5) is 0 Å². The Morgan fingerprint density at radius 3 is 1.97 bits per heavy atom. The van der Waals surface area contributed by atoms with Crippen LogP contribution in [-0.4, -0.2) is 24.8 Å². The lowest BCUT2D eigenvalue weighted by Crippen LogP contribution is -2.45. The number of Topliss-reactive ketones (excluding diaryl/α,β-unsaturated/α-hetero) is 1. The maximum atomic E-state index is 13.8. The summed E-state index contributed by atoms with van der Waals surface area (Å²) in [5.41, 5.74) is 3.37. The lowest BCUT2D eigenvalue weighted by Gasteiger charge is -2.42. The highest BCUT2D eigenvalue weighted by Crippen LogP contribution is 2.67. The maximum Gasteiger partial charge on any atom is 0.232 e. The highest BCUT2D eigenvalue weighted by Gasteiger charge is 2.63. The number of ketones is 1. The molecule has 0 heterocycles. The summed E-state index contributed by atoms with van der Waals surface area (Å²) in [5, 5.41) is 0. The van der Waals surface area contributed by atoms with Crippen molar-refractivity contribution in [3.63, 3.8) is 0 Å². The number of nitrogens with zero attached hydrogens (tertiary/aromatic N) is 1. The molecule has 0 aromatic heterocycles. The summed E-state index contributed by atoms with van der Waals surface area (Å²) in [7, 11) is -3.62. The van der Waals surface area contributed by atoms with Crippen LogP contribution in [0.5, 0.6) is 0 Å². The van der Waals surface area contributed by atoms with Gasteiger partial charge in [0.15, 0.2) is 5.78 Å². The van der Waals surface area contributed by atoms with Crippen LogP contribution in [0, 0.1) is 11.3 Å². The lowest BCUT2D eigenvalue weighted by atomic mass is 9.63. The molecule has 0 atom stereocenters. The van der Waals surface area contributed by atoms with Crippen LogP contribution in [0.3, 0.4) is 0 Å². The van der Waals surface area contributed by atoms with E-state index in [1.165, 1.54) is 10.6 Å². The highest BCUT2D eigenvalue weighted by molar-refractivity contribution is 7.88. The van der Waals surface area contributed by atoms with Crippen molar-refractivity contribution in [2.24, 2.45) is 11.3 Å². The minimum atomic E-state index is -3.62. The SMILES string of the molecule is CS(=O)(=O)N(Cc1ccccc1)C1=C(c2ccccc2)C2CC1(C(=O)c1ccccc1)C2. The van der Waals surface area contributed by atoms with Gasteiger partial charge in [-0.05, 0) is 35.5 Å². The average molecular weight is 444 g/mol. The van der Waals surface area contributed by atoms with E-state index < -0.39 is 15.4 Å². The Balaban J connectivity index is 1.70. The molecular formula is C27H25NO3S. The number of hydrogen-bond acceptors (Lipinski definition) is 3. The fraction of sp³-hybridized carbons (Fsp3) is 0.222. The Morgan fingerprint density at radius 1 is 0.875 bits per heavy atom. The summed E-state index contributed by atoms with van der Waals surface area (Å²) in [6.07, 6.45) is 2.55. The van der Waals surface area contributed by atoms with E-state index in [-0.39, 0.29) is 18.2 Å². The van der Waals surface area contributed by atoms with Gasteiger partial charge in [0.1, 0.15) is 0 Å². The zero-order chi connectivity index (χ0) is 22.3. The van der Waals surface area contributed by atoms with Gasteiger partial charge in [-0.2, -0.15) is 0 Å². The normalized spacial score (nSPS) is 21.8. The number of rotatable bonds is 7. The van der Waals surface area contributed by atoms with Crippen molar-refractivity contribution in [1.29, 1.82) is 0 Å². The van der Waals surface area contributed by atoms with E-state index in [1.54, 1.807) is 0 Å². The molecule has 32 heavy (non-hydrogen) atoms. The molecule has 0 amide bonds. The summed E-state index contributed by atoms with van der Waals surface area (Å²) in [6.45, 7) is 0.210. The Labute approximate surface area is 189 Å². The fourth-order valence-electron chi connectivity index (χ4n) is 5.26. The molecule has 0 unspecified atom stereocenters. The van der Waals surface area contributed by atoms with Gasteiger partial charge in [-0.25, -0.2) is 8.42 Å². The predicted molar refractivity (Wildman–Crippen MR) is 126 cm³/mol. The lowest BCUT2D eigenvalue weighted by molar-refractivity contribution is 0.0649. The van der Waals surface area contributed by atoms with Crippen LogP contribution < -0.4 is 0 Å². The summed E-state index contributed by atoms with van der Waals surface area (Å²) < 4.78 is 27.8. The van der Waals surface area contributed by atoms with Crippen LogP contribution in [0.15, 0.2) is 96.7 Å². The minimum absolute atomic E-state index is 0.0111. The molecule has 0 spiro atoms. The van der Waals surface area contributed by atoms with Gasteiger partial charge < -0.3 is 0 Å². The van der Waals surface area contributed by atoms with Gasteiger partial charge in [0.2, 0.25) is 10.0 Å². The van der Waals surface area contributed by atoms with Crippen molar-refractivity contribution >= 4 is 21.4 Å². The molecule has 4 nitrogen and oxygen atoms in total. The van der Waals surface area contributed by atoms with E-state index in [9.17, 15) is 13.2 Å². The summed E-state index contributed by atoms with van der Waals surface area (Å²) in [5.74, 6) is 0.192. The molecule has 162 valence electrons. The maximum absolute atomic E-state index is 13.8. The van der Waals surface area contributed by atoms with Crippen molar-refractivity contribution in [3.8, 4) is 0 Å². The standard InChI is InChI=1S/C27H25NO3S/c1-32(30,31)28(19-20-11-5-2-6-12-20)25-24(21-13-7-3-8-14-21)23-17-27(25,18-23)26(29)22-15-9-4-10-16-22/h2-16,23H,17-19H2,1H3. The van der Waals surface area contributed by atoms with Crippen molar-refractivity contribution in [1.82, 2.24) is 4.31 Å². The number of allylic oxidation sites excluding steroid dienone is 2. The third-order valence-corrected chi connectivity index (χ3v) is 7.79. The zero-order valence-corrected chi connectivity index (χ0v) is 18.8. The quantitative estimate of drug-likeness (QED) is 0.475. The Hall–Kier alpha value is -3.18. The first kappa shape index (κ1) is 20.7. The zero-order valence-electron chi connectivity index (χ0n) is 17.9. The van der Waals surface area contributed by atoms with E-state index in [0.29, 0.717) is 24.1 Å². The van der Waals surface area contributed by atoms with Gasteiger partial charge in [-0.15, -0.1) is 0 Å². The number of benzene rings is 3. The first-order chi connectivity index (χ1) is 15.4. The molecule has 1 saturated carbocycles. The molecule has 0 saturated heterocycles. The first-order valence-electron chi connectivity index (χ1n) is 10.8. The van der Waals surface area contributed by atoms with Crippen LogP contribution >= 0.6 is 0 Å². The highest BCUT2D eigenvalue weighted by atomic mass is 32.2. The minimum Gasteiger partial charge on any atom is -0.293 e.